The molecule has 3 heterocycles. The average Bonchev–Trinajstić information content (AvgIpc) is 2.86. The first kappa shape index (κ1) is 29.3. The molecule has 4 fully saturated rings. The van der Waals surface area contributed by atoms with Crippen LogP contribution in [0.2, 0.25) is 0 Å². The number of nitrogens with one attached hydrogen (secondary N) is 1. The number of likely N-dealkylation sites (N-methyl/N-ethyl adjacent to an activating group) is 1. The Labute approximate surface area is 213 Å². The van der Waals surface area contributed by atoms with Crippen LogP contribution >= 0.6 is 0 Å². The molecule has 216 valence electrons. The maximum Gasteiger partial charge on any atom is 0.189 e. The summed E-state index contributed by atoms with van der Waals surface area (Å²) in [7, 11) is 1.55. The average molecular weight is 540 g/mol. The lowest BCUT2D eigenvalue weighted by molar-refractivity contribution is -0.373. The highest BCUT2D eigenvalue weighted by Gasteiger charge is 2.54. The molecule has 4 rings (SSSR count). The van der Waals surface area contributed by atoms with Crippen LogP contribution in [0.15, 0.2) is 0 Å². The van der Waals surface area contributed by atoms with Gasteiger partial charge in [0.1, 0.15) is 42.7 Å². The molecule has 0 spiro atoms. The van der Waals surface area contributed by atoms with E-state index in [2.05, 4.69) is 5.32 Å². The molecule has 4 aliphatic rings. The van der Waals surface area contributed by atoms with Crippen LogP contribution in [-0.4, -0.2) is 148 Å². The second kappa shape index (κ2) is 11.8. The molecule has 16 heteroatoms. The molecule has 0 bridgehead atoms. The van der Waals surface area contributed by atoms with Crippen molar-refractivity contribution in [1.29, 1.82) is 0 Å². The number of nitrogens with two attached hydrogens (primary N) is 4. The van der Waals surface area contributed by atoms with Gasteiger partial charge >= 0.3 is 0 Å². The number of aliphatic hydroxyl groups is 6. The number of aliphatic hydroxyl groups excluding tert-OH is 6. The summed E-state index contributed by atoms with van der Waals surface area (Å²) in [6.45, 7) is -0.508. The van der Waals surface area contributed by atoms with Crippen molar-refractivity contribution in [2.45, 2.75) is 117 Å². The SMILES string of the molecule is CN[C@@H]1[C@@H](O[C@H]2O[C@H](CO)[C@@H](N)[C@@H](O)[C@H]2O)O[C@H]2C[C@@H](N)[C@@H](O[C@H]3[C@H](O)[C@@H](O)[C@H](N)C[C@@H]3N)O[C@@H]2[C@@H]1O. The van der Waals surface area contributed by atoms with Gasteiger partial charge in [0.15, 0.2) is 18.9 Å². The first-order valence-corrected chi connectivity index (χ1v) is 12.5. The van der Waals surface area contributed by atoms with E-state index in [4.69, 9.17) is 46.6 Å². The minimum atomic E-state index is -1.54. The predicted octanol–water partition coefficient (Wildman–Crippen LogP) is -6.95. The summed E-state index contributed by atoms with van der Waals surface area (Å²) in [5, 5.41) is 64.7. The van der Waals surface area contributed by atoms with E-state index in [-0.39, 0.29) is 12.8 Å². The molecule has 3 saturated heterocycles. The molecular weight excluding hydrogens is 498 g/mol. The minimum Gasteiger partial charge on any atom is -0.394 e. The van der Waals surface area contributed by atoms with Gasteiger partial charge < -0.3 is 82.6 Å². The second-order valence-corrected chi connectivity index (χ2v) is 10.3. The van der Waals surface area contributed by atoms with Crippen LogP contribution in [0.3, 0.4) is 0 Å². The number of rotatable bonds is 6. The zero-order chi connectivity index (χ0) is 27.2. The van der Waals surface area contributed by atoms with E-state index in [0.29, 0.717) is 0 Å². The number of ether oxygens (including phenoxy) is 5. The van der Waals surface area contributed by atoms with Crippen molar-refractivity contribution < 1.29 is 54.3 Å². The number of fused-ring (bicyclic) bond motifs is 1. The van der Waals surface area contributed by atoms with Crippen molar-refractivity contribution in [3.05, 3.63) is 0 Å². The smallest absolute Gasteiger partial charge is 0.189 e. The van der Waals surface area contributed by atoms with Crippen molar-refractivity contribution >= 4 is 0 Å². The van der Waals surface area contributed by atoms with Crippen LogP contribution in [0, 0.1) is 0 Å². The van der Waals surface area contributed by atoms with Crippen LogP contribution in [0.1, 0.15) is 12.8 Å². The zero-order valence-electron chi connectivity index (χ0n) is 20.5. The van der Waals surface area contributed by atoms with Crippen LogP contribution in [0.5, 0.6) is 0 Å². The largest absolute Gasteiger partial charge is 0.394 e. The van der Waals surface area contributed by atoms with Crippen LogP contribution in [0.4, 0.5) is 0 Å². The van der Waals surface area contributed by atoms with Crippen molar-refractivity contribution in [1.82, 2.24) is 5.32 Å². The Bertz CT molecular complexity index is 756. The molecule has 15 N–H and O–H groups in total. The van der Waals surface area contributed by atoms with E-state index in [1.807, 2.05) is 0 Å². The summed E-state index contributed by atoms with van der Waals surface area (Å²) in [6, 6.07) is -4.05. The Morgan fingerprint density at radius 2 is 1.43 bits per heavy atom. The van der Waals surface area contributed by atoms with Crippen molar-refractivity contribution in [3.8, 4) is 0 Å². The molecule has 16 nitrogen and oxygen atoms in total. The first-order chi connectivity index (χ1) is 17.5. The molecule has 0 amide bonds. The van der Waals surface area contributed by atoms with Crippen molar-refractivity contribution in [2.75, 3.05) is 13.7 Å². The van der Waals surface area contributed by atoms with E-state index in [9.17, 15) is 30.6 Å². The number of hydrogen-bond acceptors (Lipinski definition) is 16. The highest BCUT2D eigenvalue weighted by Crippen LogP contribution is 2.35. The topological polar surface area (TPSA) is 284 Å². The Hall–Kier alpha value is -0.640. The highest BCUT2D eigenvalue weighted by molar-refractivity contribution is 5.01. The van der Waals surface area contributed by atoms with E-state index in [0.717, 1.165) is 0 Å². The normalized spacial score (nSPS) is 55.1. The standard InChI is InChI=1S/C21H41N5O11/c1-26-11-14(30)18-8(33-20(11)37-21-16(32)13(29)10(25)9(4-27)34-21)3-7(24)19(36-18)35-17-6(23)2-5(22)12(28)15(17)31/h5-21,26-32H,2-4,22-25H2,1H3/t5-,6+,7-,8+,9-,10-,11+,12+,13-,14-,15-,16-,17-,18+,19+,20-,21-/m1/s1. The lowest BCUT2D eigenvalue weighted by atomic mass is 9.84. The molecule has 1 aliphatic carbocycles. The molecule has 1 saturated carbocycles. The monoisotopic (exact) mass is 539 g/mol. The first-order valence-electron chi connectivity index (χ1n) is 12.5. The lowest BCUT2D eigenvalue weighted by Gasteiger charge is -2.51. The lowest BCUT2D eigenvalue weighted by Crippen LogP contribution is -2.70. The summed E-state index contributed by atoms with van der Waals surface area (Å²) >= 11 is 0. The van der Waals surface area contributed by atoms with Crippen LogP contribution < -0.4 is 28.3 Å². The Morgan fingerprint density at radius 1 is 0.730 bits per heavy atom. The fourth-order valence-corrected chi connectivity index (χ4v) is 5.46. The fourth-order valence-electron chi connectivity index (χ4n) is 5.46. The molecular formula is C21H41N5O11. The third kappa shape index (κ3) is 5.66. The van der Waals surface area contributed by atoms with Gasteiger partial charge in [0.2, 0.25) is 0 Å². The fraction of sp³-hybridized carbons (Fsp3) is 1.00. The zero-order valence-corrected chi connectivity index (χ0v) is 20.5. The Kier molecular flexibility index (Phi) is 9.40. The third-order valence-electron chi connectivity index (χ3n) is 7.74. The maximum absolute atomic E-state index is 11.1. The van der Waals surface area contributed by atoms with Gasteiger partial charge in [-0.25, -0.2) is 0 Å². The molecule has 17 atom stereocenters. The molecule has 0 aromatic carbocycles. The molecule has 0 unspecified atom stereocenters. The Morgan fingerprint density at radius 3 is 2.08 bits per heavy atom. The summed E-state index contributed by atoms with van der Waals surface area (Å²) in [5.74, 6) is 0. The van der Waals surface area contributed by atoms with Gasteiger partial charge in [-0.05, 0) is 19.9 Å². The van der Waals surface area contributed by atoms with Crippen LogP contribution in [-0.2, 0) is 23.7 Å². The molecule has 37 heavy (non-hydrogen) atoms. The van der Waals surface area contributed by atoms with Crippen LogP contribution in [0.25, 0.3) is 0 Å². The Balaban J connectivity index is 1.43. The highest BCUT2D eigenvalue weighted by atomic mass is 16.8. The minimum absolute atomic E-state index is 0.156. The van der Waals surface area contributed by atoms with Gasteiger partial charge in [0, 0.05) is 12.1 Å². The van der Waals surface area contributed by atoms with E-state index in [1.165, 1.54) is 0 Å². The third-order valence-corrected chi connectivity index (χ3v) is 7.74. The van der Waals surface area contributed by atoms with Gasteiger partial charge in [-0.1, -0.05) is 0 Å². The molecule has 0 radical (unpaired) electrons. The van der Waals surface area contributed by atoms with Gasteiger partial charge in [0.25, 0.3) is 0 Å². The molecule has 3 aliphatic heterocycles. The van der Waals surface area contributed by atoms with Gasteiger partial charge in [0.05, 0.1) is 36.9 Å². The molecule has 0 aromatic heterocycles. The maximum atomic E-state index is 11.1. The van der Waals surface area contributed by atoms with Gasteiger partial charge in [-0.3, -0.25) is 0 Å². The second-order valence-electron chi connectivity index (χ2n) is 10.3. The van der Waals surface area contributed by atoms with E-state index in [1.54, 1.807) is 7.05 Å². The van der Waals surface area contributed by atoms with Gasteiger partial charge in [-0.2, -0.15) is 0 Å². The summed E-state index contributed by atoms with van der Waals surface area (Å²) < 4.78 is 29.2. The summed E-state index contributed by atoms with van der Waals surface area (Å²) in [6.07, 6.45) is -13.7. The van der Waals surface area contributed by atoms with E-state index >= 15 is 0 Å². The quantitative estimate of drug-likeness (QED) is 0.149. The molecule has 0 aromatic rings. The van der Waals surface area contributed by atoms with Crippen molar-refractivity contribution in [2.24, 2.45) is 22.9 Å². The van der Waals surface area contributed by atoms with E-state index < -0.39 is 111 Å². The van der Waals surface area contributed by atoms with Crippen molar-refractivity contribution in [3.63, 3.8) is 0 Å². The van der Waals surface area contributed by atoms with Gasteiger partial charge in [-0.15, -0.1) is 0 Å². The number of hydrogen-bond donors (Lipinski definition) is 11. The predicted molar refractivity (Wildman–Crippen MR) is 123 cm³/mol. The summed E-state index contributed by atoms with van der Waals surface area (Å²) in [4.78, 5) is 0. The summed E-state index contributed by atoms with van der Waals surface area (Å²) in [5.41, 5.74) is 24.0.